The highest BCUT2D eigenvalue weighted by Crippen LogP contribution is 2.25. The molecule has 0 aromatic heterocycles. The van der Waals surface area contributed by atoms with E-state index in [1.54, 1.807) is 0 Å². The van der Waals surface area contributed by atoms with E-state index in [4.69, 9.17) is 0 Å². The summed E-state index contributed by atoms with van der Waals surface area (Å²) in [6, 6.07) is 0.379. The predicted octanol–water partition coefficient (Wildman–Crippen LogP) is 0.999. The number of nitrogens with zero attached hydrogens (tertiary/aromatic N) is 1. The lowest BCUT2D eigenvalue weighted by molar-refractivity contribution is 0.0808. The van der Waals surface area contributed by atoms with E-state index >= 15 is 0 Å². The number of hydrogen-bond acceptors (Lipinski definition) is 3. The fourth-order valence-electron chi connectivity index (χ4n) is 2.93. The van der Waals surface area contributed by atoms with Crippen LogP contribution in [-0.4, -0.2) is 48.8 Å². The third-order valence-electron chi connectivity index (χ3n) is 3.88. The third-order valence-corrected chi connectivity index (χ3v) is 3.88. The molecule has 92 valence electrons. The predicted molar refractivity (Wildman–Crippen MR) is 66.4 cm³/mol. The highest BCUT2D eigenvalue weighted by atomic mass is 16.3. The molecule has 1 heterocycles. The summed E-state index contributed by atoms with van der Waals surface area (Å²) < 4.78 is 0. The average molecular weight is 224 g/mol. The van der Waals surface area contributed by atoms with Gasteiger partial charge in [-0.05, 0) is 44.7 Å². The second-order valence-electron chi connectivity index (χ2n) is 4.93. The van der Waals surface area contributed by atoms with E-state index in [-0.39, 0.29) is 0 Å². The molecule has 0 radical (unpaired) electrons. The van der Waals surface area contributed by atoms with Crippen LogP contribution in [0.3, 0.4) is 0 Å². The van der Waals surface area contributed by atoms with Crippen LogP contribution in [-0.2, 0) is 0 Å². The maximum absolute atomic E-state index is 9.64. The average Bonchev–Trinajstić information content (AvgIpc) is 2.61. The van der Waals surface area contributed by atoms with Crippen molar-refractivity contribution >= 4 is 0 Å². The summed E-state index contributed by atoms with van der Waals surface area (Å²) in [4.78, 5) is 2.49. The first-order chi connectivity index (χ1) is 7.92. The van der Waals surface area contributed by atoms with Crippen LogP contribution in [0.2, 0.25) is 0 Å². The zero-order valence-corrected chi connectivity index (χ0v) is 10.1. The summed E-state index contributed by atoms with van der Waals surface area (Å²) in [5.41, 5.74) is 0. The number of aliphatic hydroxyl groups is 1. The van der Waals surface area contributed by atoms with Gasteiger partial charge in [-0.25, -0.2) is 0 Å². The fourth-order valence-corrected chi connectivity index (χ4v) is 2.93. The molecular weight excluding hydrogens is 200 g/mol. The molecule has 2 rings (SSSR count). The Morgan fingerprint density at radius 1 is 1.31 bits per heavy atom. The molecule has 2 unspecified atom stereocenters. The van der Waals surface area contributed by atoms with Gasteiger partial charge in [0.05, 0.1) is 6.61 Å². The van der Waals surface area contributed by atoms with E-state index in [1.807, 2.05) is 0 Å². The van der Waals surface area contributed by atoms with Crippen molar-refractivity contribution in [3.8, 4) is 0 Å². The van der Waals surface area contributed by atoms with E-state index in [1.165, 1.54) is 19.3 Å². The molecule has 0 amide bonds. The van der Waals surface area contributed by atoms with Crippen molar-refractivity contribution in [2.75, 3.05) is 32.8 Å². The molecule has 1 saturated heterocycles. The van der Waals surface area contributed by atoms with E-state index in [0.717, 1.165) is 32.6 Å². The highest BCUT2D eigenvalue weighted by molar-refractivity contribution is 4.94. The van der Waals surface area contributed by atoms with Crippen molar-refractivity contribution in [1.82, 2.24) is 10.2 Å². The van der Waals surface area contributed by atoms with Gasteiger partial charge in [-0.15, -0.1) is 0 Å². The maximum Gasteiger partial charge on any atom is 0.0589 e. The minimum atomic E-state index is 0.318. The molecule has 0 saturated carbocycles. The number of hydrogen-bond donors (Lipinski definition) is 2. The lowest BCUT2D eigenvalue weighted by Crippen LogP contribution is -2.45. The fraction of sp³-hybridized carbons (Fsp3) is 0.846. The van der Waals surface area contributed by atoms with Gasteiger partial charge in [0, 0.05) is 19.1 Å². The lowest BCUT2D eigenvalue weighted by atomic mass is 9.87. The van der Waals surface area contributed by atoms with E-state index < -0.39 is 0 Å². The first kappa shape index (κ1) is 12.1. The van der Waals surface area contributed by atoms with Crippen LogP contribution >= 0.6 is 0 Å². The first-order valence-corrected chi connectivity index (χ1v) is 6.62. The van der Waals surface area contributed by atoms with Crippen LogP contribution in [0, 0.1) is 5.92 Å². The Morgan fingerprint density at radius 2 is 2.25 bits per heavy atom. The molecular formula is C13H24N2O. The van der Waals surface area contributed by atoms with Crippen molar-refractivity contribution in [3.63, 3.8) is 0 Å². The minimum absolute atomic E-state index is 0.318. The molecule has 16 heavy (non-hydrogen) atoms. The molecule has 2 N–H and O–H groups in total. The molecule has 1 fully saturated rings. The molecule has 1 aliphatic heterocycles. The highest BCUT2D eigenvalue weighted by Gasteiger charge is 2.27. The SMILES string of the molecule is OCC(C1CC=CCC1)N1CCCNCC1. The second kappa shape index (κ2) is 6.38. The Bertz CT molecular complexity index is 222. The molecule has 0 spiro atoms. The molecule has 0 aromatic rings. The third kappa shape index (κ3) is 3.06. The summed E-state index contributed by atoms with van der Waals surface area (Å²) in [7, 11) is 0. The van der Waals surface area contributed by atoms with Gasteiger partial charge >= 0.3 is 0 Å². The monoisotopic (exact) mass is 224 g/mol. The number of allylic oxidation sites excluding steroid dienone is 2. The summed E-state index contributed by atoms with van der Waals surface area (Å²) in [5.74, 6) is 0.660. The van der Waals surface area contributed by atoms with Gasteiger partial charge in [-0.2, -0.15) is 0 Å². The van der Waals surface area contributed by atoms with Crippen LogP contribution in [0.25, 0.3) is 0 Å². The number of aliphatic hydroxyl groups excluding tert-OH is 1. The van der Waals surface area contributed by atoms with E-state index in [0.29, 0.717) is 18.6 Å². The van der Waals surface area contributed by atoms with Gasteiger partial charge in [-0.3, -0.25) is 4.90 Å². The quantitative estimate of drug-likeness (QED) is 0.702. The molecule has 2 aliphatic rings. The summed E-state index contributed by atoms with van der Waals surface area (Å²) in [6.45, 7) is 4.74. The van der Waals surface area contributed by atoms with Gasteiger partial charge in [0.25, 0.3) is 0 Å². The molecule has 3 heteroatoms. The summed E-state index contributed by atoms with van der Waals surface area (Å²) >= 11 is 0. The Labute approximate surface area is 98.5 Å². The molecule has 0 aromatic carbocycles. The standard InChI is InChI=1S/C13H24N2O/c16-11-13(12-5-2-1-3-6-12)15-9-4-7-14-8-10-15/h1-2,12-14,16H,3-11H2. The van der Waals surface area contributed by atoms with Crippen molar-refractivity contribution in [2.24, 2.45) is 5.92 Å². The second-order valence-corrected chi connectivity index (χ2v) is 4.93. The molecule has 1 aliphatic carbocycles. The van der Waals surface area contributed by atoms with Crippen LogP contribution in [0.15, 0.2) is 12.2 Å². The van der Waals surface area contributed by atoms with Gasteiger partial charge in [0.2, 0.25) is 0 Å². The normalized spacial score (nSPS) is 29.9. The largest absolute Gasteiger partial charge is 0.395 e. The zero-order chi connectivity index (χ0) is 11.2. The smallest absolute Gasteiger partial charge is 0.0589 e. The van der Waals surface area contributed by atoms with E-state index in [2.05, 4.69) is 22.4 Å². The summed E-state index contributed by atoms with van der Waals surface area (Å²) in [5, 5.41) is 13.1. The van der Waals surface area contributed by atoms with Crippen LogP contribution < -0.4 is 5.32 Å². The lowest BCUT2D eigenvalue weighted by Gasteiger charge is -2.35. The van der Waals surface area contributed by atoms with Crippen LogP contribution in [0.5, 0.6) is 0 Å². The van der Waals surface area contributed by atoms with Crippen LogP contribution in [0.1, 0.15) is 25.7 Å². The maximum atomic E-state index is 9.64. The van der Waals surface area contributed by atoms with E-state index in [9.17, 15) is 5.11 Å². The molecule has 3 nitrogen and oxygen atoms in total. The van der Waals surface area contributed by atoms with Gasteiger partial charge in [-0.1, -0.05) is 12.2 Å². The Hall–Kier alpha value is -0.380. The van der Waals surface area contributed by atoms with Crippen molar-refractivity contribution < 1.29 is 5.11 Å². The topological polar surface area (TPSA) is 35.5 Å². The molecule has 2 atom stereocenters. The first-order valence-electron chi connectivity index (χ1n) is 6.62. The van der Waals surface area contributed by atoms with Crippen LogP contribution in [0.4, 0.5) is 0 Å². The van der Waals surface area contributed by atoms with Crippen molar-refractivity contribution in [2.45, 2.75) is 31.7 Å². The zero-order valence-electron chi connectivity index (χ0n) is 10.1. The van der Waals surface area contributed by atoms with Crippen molar-refractivity contribution in [1.29, 1.82) is 0 Å². The number of nitrogens with one attached hydrogen (secondary N) is 1. The van der Waals surface area contributed by atoms with Crippen molar-refractivity contribution in [3.05, 3.63) is 12.2 Å². The van der Waals surface area contributed by atoms with Gasteiger partial charge < -0.3 is 10.4 Å². The Morgan fingerprint density at radius 3 is 3.00 bits per heavy atom. The Balaban J connectivity index is 1.93. The Kier molecular flexibility index (Phi) is 4.82. The number of rotatable bonds is 3. The van der Waals surface area contributed by atoms with Gasteiger partial charge in [0.15, 0.2) is 0 Å². The summed E-state index contributed by atoms with van der Waals surface area (Å²) in [6.07, 6.45) is 9.34. The minimum Gasteiger partial charge on any atom is -0.395 e. The molecule has 0 bridgehead atoms. The van der Waals surface area contributed by atoms with Gasteiger partial charge in [0.1, 0.15) is 0 Å².